The Kier molecular flexibility index (Phi) is 54.3. The van der Waals surface area contributed by atoms with Gasteiger partial charge in [-0.2, -0.15) is 0 Å². The summed E-state index contributed by atoms with van der Waals surface area (Å²) < 4.78 is 0. The third kappa shape index (κ3) is 23.9. The van der Waals surface area contributed by atoms with Crippen LogP contribution in [0.15, 0.2) is 0 Å². The second-order valence-corrected chi connectivity index (χ2v) is 23.5. The topological polar surface area (TPSA) is 0 Å². The van der Waals surface area contributed by atoms with E-state index < -0.39 is 0 Å². The first kappa shape index (κ1) is 71.8. The SMILES string of the molecule is CC[C]1[P][C](CC)[C](CC)[C]1CC.CC[C]1[P][C](CC)[C](CC)[C]1CC.CC[C]1[P][C](CC)[C](CC)[C]1CC.CC[C]1[P][C](CC)[C](CC)[C]1CC.[Cl][Pd][Cl].[Cl][Pd][Cl].[Fe+2].[Fe+2]. The number of halogens is 4. The van der Waals surface area contributed by atoms with Crippen molar-refractivity contribution in [1.82, 2.24) is 0 Å². The molecule has 20 radical (unpaired) electrons. The van der Waals surface area contributed by atoms with Crippen LogP contribution in [0.3, 0.4) is 0 Å². The van der Waals surface area contributed by atoms with Gasteiger partial charge in [0.25, 0.3) is 0 Å². The maximum absolute atomic E-state index is 4.81. The first-order chi connectivity index (χ1) is 27.9. The van der Waals surface area contributed by atoms with Crippen LogP contribution in [0.1, 0.15) is 214 Å². The summed E-state index contributed by atoms with van der Waals surface area (Å²) >= 11 is -0.211. The smallest absolute Gasteiger partial charge is 2.00 e. The Balaban J connectivity index is -0.000000329. The molecular weight excluding hydrogens is 1170 g/mol. The molecule has 4 heterocycles. The van der Waals surface area contributed by atoms with Gasteiger partial charge in [0.05, 0.1) is 0 Å². The molecule has 0 amide bonds. The second kappa shape index (κ2) is 45.4. The maximum Gasteiger partial charge on any atom is 2.00 e. The summed E-state index contributed by atoms with van der Waals surface area (Å²) in [7, 11) is 25.4. The van der Waals surface area contributed by atoms with Crippen LogP contribution in [0.2, 0.25) is 0 Å². The predicted molar refractivity (Wildman–Crippen MR) is 268 cm³/mol. The minimum atomic E-state index is -0.106. The van der Waals surface area contributed by atoms with E-state index in [-0.39, 0.29) is 66.0 Å². The van der Waals surface area contributed by atoms with Gasteiger partial charge in [-0.05, 0) is 150 Å². The molecule has 0 aromatic rings. The standard InChI is InChI=1S/4C12H20P.4ClH.2Fe.2Pd/c4*1-5-9-10(6-2)12(8-4)13-11(9)7-3;;;;;;;;/h4*5-8H2,1-4H3;4*1H;;;;/q;;;;;;;;4*+2/p-4. The first-order valence-electron chi connectivity index (χ1n) is 22.2. The molecular formula is C48H80Cl4Fe2P4Pd2+4. The summed E-state index contributed by atoms with van der Waals surface area (Å²) in [6.07, 6.45) is 19.7. The normalized spacial score (nSPS) is 20.7. The van der Waals surface area contributed by atoms with Gasteiger partial charge in [-0.15, -0.1) is 0 Å². The molecule has 60 heavy (non-hydrogen) atoms. The van der Waals surface area contributed by atoms with Crippen molar-refractivity contribution in [3.63, 3.8) is 0 Å². The minimum Gasteiger partial charge on any atom is 2.00 e. The van der Waals surface area contributed by atoms with Gasteiger partial charge in [0.15, 0.2) is 0 Å². The quantitative estimate of drug-likeness (QED) is 0.107. The van der Waals surface area contributed by atoms with Gasteiger partial charge in [0.1, 0.15) is 0 Å². The molecule has 352 valence electrons. The fourth-order valence-corrected chi connectivity index (χ4v) is 14.3. The number of hydrogen-bond acceptors (Lipinski definition) is 0. The van der Waals surface area contributed by atoms with Crippen molar-refractivity contribution in [2.24, 2.45) is 0 Å². The zero-order chi connectivity index (χ0) is 44.8. The van der Waals surface area contributed by atoms with Crippen LogP contribution in [0.4, 0.5) is 0 Å². The van der Waals surface area contributed by atoms with Gasteiger partial charge in [-0.1, -0.05) is 145 Å². The zero-order valence-electron chi connectivity index (χ0n) is 40.0. The van der Waals surface area contributed by atoms with Gasteiger partial charge in [0.2, 0.25) is 0 Å². The van der Waals surface area contributed by atoms with E-state index in [4.69, 9.17) is 38.1 Å². The fraction of sp³-hybridized carbons (Fsp3) is 0.667. The minimum absolute atomic E-state index is 0. The van der Waals surface area contributed by atoms with E-state index in [1.807, 2.05) is 0 Å². The van der Waals surface area contributed by atoms with Crippen molar-refractivity contribution in [1.29, 1.82) is 0 Å². The molecule has 0 atom stereocenters. The van der Waals surface area contributed by atoms with Crippen LogP contribution < -0.4 is 0 Å². The van der Waals surface area contributed by atoms with E-state index in [0.29, 0.717) is 0 Å². The molecule has 0 bridgehead atoms. The van der Waals surface area contributed by atoms with Crippen LogP contribution >= 0.6 is 72.4 Å². The average Bonchev–Trinajstić information content (AvgIpc) is 4.02. The molecule has 0 unspecified atom stereocenters. The molecule has 0 aromatic heterocycles. The molecule has 0 saturated carbocycles. The number of hydrogen-bond donors (Lipinski definition) is 0. The Morgan fingerprint density at radius 2 is 0.317 bits per heavy atom. The summed E-state index contributed by atoms with van der Waals surface area (Å²) in [5, 5.41) is 0. The van der Waals surface area contributed by atoms with Crippen LogP contribution in [0.25, 0.3) is 0 Å². The van der Waals surface area contributed by atoms with Gasteiger partial charge in [-0.25, -0.2) is 0 Å². The maximum atomic E-state index is 4.81. The molecule has 0 nitrogen and oxygen atoms in total. The Bertz CT molecular complexity index is 722. The Hall–Kier alpha value is 5.24. The van der Waals surface area contributed by atoms with Crippen LogP contribution in [0, 0.1) is 92.6 Å². The molecule has 4 saturated heterocycles. The van der Waals surface area contributed by atoms with E-state index in [0.717, 1.165) is 0 Å². The van der Waals surface area contributed by atoms with Crippen molar-refractivity contribution in [3.8, 4) is 0 Å². The van der Waals surface area contributed by atoms with Crippen molar-refractivity contribution in [2.45, 2.75) is 214 Å². The van der Waals surface area contributed by atoms with E-state index in [1.54, 1.807) is 92.6 Å². The zero-order valence-corrected chi connectivity index (χ0v) is 51.9. The van der Waals surface area contributed by atoms with Crippen LogP contribution in [-0.4, -0.2) is 0 Å². The summed E-state index contributed by atoms with van der Waals surface area (Å²) in [5.74, 6) is 13.4. The Morgan fingerprint density at radius 1 is 0.233 bits per heavy atom. The number of rotatable bonds is 16. The van der Waals surface area contributed by atoms with Gasteiger partial charge in [-0.3, -0.25) is 0 Å². The monoisotopic (exact) mass is 1240 g/mol. The third-order valence-electron chi connectivity index (χ3n) is 10.8. The Labute approximate surface area is 439 Å². The van der Waals surface area contributed by atoms with Gasteiger partial charge < -0.3 is 0 Å². The Morgan fingerprint density at radius 3 is 0.367 bits per heavy atom. The molecule has 4 fully saturated rings. The molecule has 4 rings (SSSR count). The summed E-state index contributed by atoms with van der Waals surface area (Å²) in [4.78, 5) is 0. The molecule has 0 spiro atoms. The van der Waals surface area contributed by atoms with E-state index in [2.05, 4.69) is 111 Å². The summed E-state index contributed by atoms with van der Waals surface area (Å²) in [6, 6.07) is 0. The molecule has 0 aromatic carbocycles. The second-order valence-electron chi connectivity index (χ2n) is 13.6. The van der Waals surface area contributed by atoms with Gasteiger partial charge >= 0.3 is 104 Å². The molecule has 0 N–H and O–H groups in total. The summed E-state index contributed by atoms with van der Waals surface area (Å²) in [6.45, 7) is 36.5. The van der Waals surface area contributed by atoms with Crippen molar-refractivity contribution in [3.05, 3.63) is 92.6 Å². The van der Waals surface area contributed by atoms with Crippen LogP contribution in [0.5, 0.6) is 0 Å². The fourth-order valence-electron chi connectivity index (χ4n) is 8.26. The third-order valence-corrected chi connectivity index (χ3v) is 17.7. The van der Waals surface area contributed by atoms with Gasteiger partial charge in [0, 0.05) is 45.3 Å². The molecule has 0 aliphatic carbocycles. The predicted octanol–water partition coefficient (Wildman–Crippen LogP) is 21.9. The first-order valence-corrected chi connectivity index (χ1v) is 33.8. The van der Waals surface area contributed by atoms with Crippen molar-refractivity contribution < 1.29 is 66.0 Å². The van der Waals surface area contributed by atoms with Crippen molar-refractivity contribution in [2.75, 3.05) is 0 Å². The summed E-state index contributed by atoms with van der Waals surface area (Å²) in [5.41, 5.74) is 13.4. The average molecular weight is 1250 g/mol. The molecule has 4 aliphatic heterocycles. The van der Waals surface area contributed by atoms with E-state index >= 15 is 0 Å². The largest absolute Gasteiger partial charge is 2.00 e. The molecule has 4 aliphatic rings. The van der Waals surface area contributed by atoms with E-state index in [9.17, 15) is 0 Å². The van der Waals surface area contributed by atoms with E-state index in [1.165, 1.54) is 137 Å². The van der Waals surface area contributed by atoms with Crippen molar-refractivity contribution >= 4 is 72.4 Å². The molecule has 12 heteroatoms. The van der Waals surface area contributed by atoms with Crippen LogP contribution in [-0.2, 0) is 66.0 Å².